The molecule has 0 saturated heterocycles. The van der Waals surface area contributed by atoms with Gasteiger partial charge in [-0.3, -0.25) is 0 Å². The van der Waals surface area contributed by atoms with Crippen LogP contribution in [-0.2, 0) is 0 Å². The molecule has 26 heavy (non-hydrogen) atoms. The van der Waals surface area contributed by atoms with Crippen LogP contribution in [0.25, 0.3) is 0 Å². The van der Waals surface area contributed by atoms with Crippen LogP contribution in [-0.4, -0.2) is 41.5 Å². The van der Waals surface area contributed by atoms with Crippen LogP contribution in [0.2, 0.25) is 0 Å². The summed E-state index contributed by atoms with van der Waals surface area (Å²) in [5.74, 6) is 1.99. The van der Waals surface area contributed by atoms with Crippen LogP contribution in [0.5, 0.6) is 11.5 Å². The Morgan fingerprint density at radius 1 is 0.885 bits per heavy atom. The Labute approximate surface area is 150 Å². The summed E-state index contributed by atoms with van der Waals surface area (Å²) >= 11 is 0. The number of hydrazone groups is 1. The Morgan fingerprint density at radius 3 is 2.04 bits per heavy atom. The van der Waals surface area contributed by atoms with Gasteiger partial charge in [-0.15, -0.1) is 10.2 Å². The Morgan fingerprint density at radius 2 is 1.46 bits per heavy atom. The molecule has 0 bridgehead atoms. The van der Waals surface area contributed by atoms with E-state index >= 15 is 0 Å². The van der Waals surface area contributed by atoms with Crippen molar-refractivity contribution in [2.75, 3.05) is 19.6 Å². The first kappa shape index (κ1) is 17.2. The maximum atomic E-state index is 5.13. The maximum Gasteiger partial charge on any atom is 0.265 e. The molecule has 0 fully saturated rings. The Hall–Kier alpha value is -3.68. The Balaban J connectivity index is 1.63. The van der Waals surface area contributed by atoms with Gasteiger partial charge in [-0.2, -0.15) is 14.9 Å². The van der Waals surface area contributed by atoms with Crippen molar-refractivity contribution in [2.24, 2.45) is 10.2 Å². The second-order valence-electron chi connectivity index (χ2n) is 5.16. The highest BCUT2D eigenvalue weighted by Gasteiger charge is 2.00. The van der Waals surface area contributed by atoms with E-state index < -0.39 is 0 Å². The molecule has 8 nitrogen and oxygen atoms in total. The van der Waals surface area contributed by atoms with Crippen LogP contribution >= 0.6 is 0 Å². The number of nitrogens with one attached hydrogen (secondary N) is 1. The van der Waals surface area contributed by atoms with E-state index in [0.717, 1.165) is 22.6 Å². The fraction of sp³-hybridized carbons (Fsp3) is 0.111. The van der Waals surface area contributed by atoms with Gasteiger partial charge >= 0.3 is 0 Å². The molecule has 0 amide bonds. The molecule has 0 saturated carbocycles. The van der Waals surface area contributed by atoms with Crippen LogP contribution in [0, 0.1) is 0 Å². The summed E-state index contributed by atoms with van der Waals surface area (Å²) in [5.41, 5.74) is 4.66. The van der Waals surface area contributed by atoms with Crippen LogP contribution < -0.4 is 14.9 Å². The molecule has 132 valence electrons. The third-order valence-electron chi connectivity index (χ3n) is 3.47. The summed E-state index contributed by atoms with van der Waals surface area (Å²) in [4.78, 5) is 0. The van der Waals surface area contributed by atoms with Gasteiger partial charge in [0.15, 0.2) is 0 Å². The van der Waals surface area contributed by atoms with Gasteiger partial charge in [0.05, 0.1) is 26.6 Å². The van der Waals surface area contributed by atoms with Gasteiger partial charge in [0.25, 0.3) is 5.95 Å². The third kappa shape index (κ3) is 4.44. The second kappa shape index (κ2) is 8.43. The smallest absolute Gasteiger partial charge is 0.265 e. The zero-order valence-corrected chi connectivity index (χ0v) is 14.4. The first-order valence-electron chi connectivity index (χ1n) is 7.80. The highest BCUT2D eigenvalue weighted by molar-refractivity contribution is 5.80. The highest BCUT2D eigenvalue weighted by Crippen LogP contribution is 2.11. The van der Waals surface area contributed by atoms with E-state index in [-0.39, 0.29) is 0 Å². The van der Waals surface area contributed by atoms with E-state index in [1.165, 1.54) is 11.0 Å². The first-order valence-corrected chi connectivity index (χ1v) is 7.80. The largest absolute Gasteiger partial charge is 0.497 e. The minimum Gasteiger partial charge on any atom is -0.497 e. The number of rotatable bonds is 7. The molecule has 0 spiro atoms. The van der Waals surface area contributed by atoms with Crippen LogP contribution in [0.1, 0.15) is 11.1 Å². The van der Waals surface area contributed by atoms with Crippen molar-refractivity contribution in [2.45, 2.75) is 0 Å². The van der Waals surface area contributed by atoms with Gasteiger partial charge in [-0.25, -0.2) is 5.43 Å². The molecular formula is C18H18N6O2. The predicted octanol–water partition coefficient (Wildman–Crippen LogP) is 2.62. The fourth-order valence-electron chi connectivity index (χ4n) is 2.06. The Kier molecular flexibility index (Phi) is 5.56. The molecule has 0 radical (unpaired) electrons. The molecule has 0 unspecified atom stereocenters. The van der Waals surface area contributed by atoms with E-state index in [1.54, 1.807) is 26.6 Å². The van der Waals surface area contributed by atoms with Crippen molar-refractivity contribution >= 4 is 18.4 Å². The summed E-state index contributed by atoms with van der Waals surface area (Å²) in [6.07, 6.45) is 4.86. The van der Waals surface area contributed by atoms with Crippen LogP contribution in [0.3, 0.4) is 0 Å². The van der Waals surface area contributed by atoms with Gasteiger partial charge in [-0.1, -0.05) is 0 Å². The predicted molar refractivity (Wildman–Crippen MR) is 100 cm³/mol. The number of ether oxygens (including phenoxy) is 2. The molecule has 3 rings (SSSR count). The number of hydrogen-bond acceptors (Lipinski definition) is 7. The molecule has 0 aliphatic heterocycles. The molecular weight excluding hydrogens is 332 g/mol. The number of aromatic nitrogens is 3. The summed E-state index contributed by atoms with van der Waals surface area (Å²) in [6.45, 7) is 0. The highest BCUT2D eigenvalue weighted by atomic mass is 16.5. The molecule has 8 heteroatoms. The number of methoxy groups -OCH3 is 2. The number of anilines is 1. The lowest BCUT2D eigenvalue weighted by Gasteiger charge is -2.01. The molecule has 1 heterocycles. The van der Waals surface area contributed by atoms with E-state index in [4.69, 9.17) is 9.47 Å². The van der Waals surface area contributed by atoms with E-state index in [2.05, 4.69) is 25.8 Å². The first-order chi connectivity index (χ1) is 12.8. The van der Waals surface area contributed by atoms with E-state index in [1.807, 2.05) is 48.5 Å². The topological polar surface area (TPSA) is 85.9 Å². The van der Waals surface area contributed by atoms with E-state index in [9.17, 15) is 0 Å². The standard InChI is InChI=1S/C18H18N6O2/c1-25-16-7-3-14(4-8-16)11-19-22-18-23-20-13-24(18)21-12-15-5-9-17(26-2)10-6-15/h3-13H,1-2H3,(H,22,23)/b19-11-,21-12+. The number of hydrogen-bond donors (Lipinski definition) is 1. The molecule has 3 aromatic rings. The van der Waals surface area contributed by atoms with Gasteiger partial charge in [0.1, 0.15) is 17.8 Å². The summed E-state index contributed by atoms with van der Waals surface area (Å²) < 4.78 is 11.7. The molecule has 0 aliphatic carbocycles. The molecule has 0 aliphatic rings. The summed E-state index contributed by atoms with van der Waals surface area (Å²) in [6, 6.07) is 15.1. The normalized spacial score (nSPS) is 11.2. The fourth-order valence-corrected chi connectivity index (χ4v) is 2.06. The van der Waals surface area contributed by atoms with Crippen molar-refractivity contribution in [3.05, 3.63) is 66.0 Å². The quantitative estimate of drug-likeness (QED) is 0.523. The maximum absolute atomic E-state index is 5.13. The number of nitrogens with zero attached hydrogens (tertiary/aromatic N) is 5. The Bertz CT molecular complexity index is 885. The lowest BCUT2D eigenvalue weighted by Crippen LogP contribution is -1.99. The summed E-state index contributed by atoms with van der Waals surface area (Å²) in [7, 11) is 3.26. The average Bonchev–Trinajstić information content (AvgIpc) is 3.14. The van der Waals surface area contributed by atoms with Crippen molar-refractivity contribution in [1.29, 1.82) is 0 Å². The zero-order chi connectivity index (χ0) is 18.2. The second-order valence-corrected chi connectivity index (χ2v) is 5.16. The van der Waals surface area contributed by atoms with Crippen LogP contribution in [0.15, 0.2) is 65.1 Å². The monoisotopic (exact) mass is 350 g/mol. The molecule has 1 aromatic heterocycles. The van der Waals surface area contributed by atoms with Crippen molar-refractivity contribution in [1.82, 2.24) is 14.9 Å². The van der Waals surface area contributed by atoms with Crippen molar-refractivity contribution in [3.63, 3.8) is 0 Å². The minimum absolute atomic E-state index is 0.402. The average molecular weight is 350 g/mol. The lowest BCUT2D eigenvalue weighted by atomic mass is 10.2. The molecule has 2 aromatic carbocycles. The summed E-state index contributed by atoms with van der Waals surface area (Å²) in [5, 5.41) is 16.2. The van der Waals surface area contributed by atoms with Crippen molar-refractivity contribution < 1.29 is 9.47 Å². The minimum atomic E-state index is 0.402. The van der Waals surface area contributed by atoms with Crippen LogP contribution in [0.4, 0.5) is 5.95 Å². The molecule has 1 N–H and O–H groups in total. The number of benzene rings is 2. The van der Waals surface area contributed by atoms with Gasteiger partial charge in [-0.05, 0) is 59.7 Å². The SMILES string of the molecule is COc1ccc(/C=N\Nc2nncn2/N=C/c2ccc(OC)cc2)cc1. The van der Waals surface area contributed by atoms with E-state index in [0.29, 0.717) is 5.95 Å². The third-order valence-corrected chi connectivity index (χ3v) is 3.47. The van der Waals surface area contributed by atoms with Gasteiger partial charge in [0, 0.05) is 0 Å². The lowest BCUT2D eigenvalue weighted by molar-refractivity contribution is 0.414. The van der Waals surface area contributed by atoms with Gasteiger partial charge in [0.2, 0.25) is 0 Å². The van der Waals surface area contributed by atoms with Gasteiger partial charge < -0.3 is 9.47 Å². The molecule has 0 atom stereocenters. The van der Waals surface area contributed by atoms with Crippen molar-refractivity contribution in [3.8, 4) is 11.5 Å². The zero-order valence-electron chi connectivity index (χ0n) is 14.4.